The first-order chi connectivity index (χ1) is 7.66. The monoisotopic (exact) mass is 242 g/mol. The summed E-state index contributed by atoms with van der Waals surface area (Å²) in [7, 11) is 0. The third-order valence-electron chi connectivity index (χ3n) is 2.17. The lowest BCUT2D eigenvalue weighted by atomic mass is 10.3. The molecule has 1 atom stereocenters. The van der Waals surface area contributed by atoms with Gasteiger partial charge in [-0.15, -0.1) is 10.2 Å². The molecule has 0 bridgehead atoms. The second-order valence-electron chi connectivity index (χ2n) is 3.07. The van der Waals surface area contributed by atoms with Crippen LogP contribution in [-0.4, -0.2) is 33.8 Å². The number of carbonyl (C=O) groups excluding carboxylic acids is 2. The van der Waals surface area contributed by atoms with Crippen molar-refractivity contribution in [1.29, 1.82) is 0 Å². The molecule has 7 nitrogen and oxygen atoms in total. The van der Waals surface area contributed by atoms with Gasteiger partial charge in [0.25, 0.3) is 12.4 Å². The van der Waals surface area contributed by atoms with E-state index in [0.29, 0.717) is 5.57 Å². The molecule has 0 radical (unpaired) electrons. The highest BCUT2D eigenvalue weighted by molar-refractivity contribution is 6.45. The lowest BCUT2D eigenvalue weighted by Crippen LogP contribution is -2.37. The maximum atomic E-state index is 11.8. The summed E-state index contributed by atoms with van der Waals surface area (Å²) in [5.41, 5.74) is 0.454. The van der Waals surface area contributed by atoms with E-state index in [1.165, 1.54) is 6.33 Å². The van der Waals surface area contributed by atoms with Crippen LogP contribution < -0.4 is 4.90 Å². The highest BCUT2D eigenvalue weighted by Gasteiger charge is 2.40. The van der Waals surface area contributed by atoms with Gasteiger partial charge in [-0.2, -0.15) is 0 Å². The number of ether oxygens (including phenoxy) is 1. The second-order valence-corrected chi connectivity index (χ2v) is 3.45. The molecule has 1 aromatic rings. The number of rotatable bonds is 3. The van der Waals surface area contributed by atoms with Crippen molar-refractivity contribution < 1.29 is 14.3 Å². The van der Waals surface area contributed by atoms with Crippen molar-refractivity contribution in [2.75, 3.05) is 4.90 Å². The number of carbonyl (C=O) groups is 2. The van der Waals surface area contributed by atoms with Gasteiger partial charge < -0.3 is 9.72 Å². The Morgan fingerprint density at radius 3 is 3.00 bits per heavy atom. The fourth-order valence-electron chi connectivity index (χ4n) is 1.42. The number of nitrogens with zero attached hydrogens (tertiary/aromatic N) is 3. The molecule has 1 aliphatic rings. The fourth-order valence-corrected chi connectivity index (χ4v) is 1.61. The zero-order valence-corrected chi connectivity index (χ0v) is 8.93. The molecular formula is C8H7ClN4O3. The minimum atomic E-state index is -0.870. The minimum Gasteiger partial charge on any atom is -0.439 e. The van der Waals surface area contributed by atoms with E-state index in [-0.39, 0.29) is 17.5 Å². The topological polar surface area (TPSA) is 88.2 Å². The lowest BCUT2D eigenvalue weighted by Gasteiger charge is -2.20. The Morgan fingerprint density at radius 2 is 2.44 bits per heavy atom. The molecule has 1 unspecified atom stereocenters. The van der Waals surface area contributed by atoms with Crippen LogP contribution in [0.5, 0.6) is 0 Å². The van der Waals surface area contributed by atoms with E-state index in [9.17, 15) is 9.59 Å². The summed E-state index contributed by atoms with van der Waals surface area (Å²) in [6.45, 7) is 1.85. The first-order valence-corrected chi connectivity index (χ1v) is 4.69. The average Bonchev–Trinajstić information content (AvgIpc) is 2.85. The van der Waals surface area contributed by atoms with Crippen molar-refractivity contribution >= 4 is 29.9 Å². The molecule has 1 N–H and O–H groups in total. The summed E-state index contributed by atoms with van der Waals surface area (Å²) in [6, 6.07) is 0. The third-order valence-corrected chi connectivity index (χ3v) is 2.63. The van der Waals surface area contributed by atoms with Crippen molar-refractivity contribution in [1.82, 2.24) is 15.2 Å². The summed E-state index contributed by atoms with van der Waals surface area (Å²) in [4.78, 5) is 25.9. The highest BCUT2D eigenvalue weighted by atomic mass is 35.5. The van der Waals surface area contributed by atoms with Gasteiger partial charge in [0.2, 0.25) is 12.2 Å². The second kappa shape index (κ2) is 3.93. The molecule has 84 valence electrons. The number of hydrogen-bond acceptors (Lipinski definition) is 5. The number of H-pyrrole nitrogens is 1. The van der Waals surface area contributed by atoms with Gasteiger partial charge >= 0.3 is 0 Å². The first-order valence-electron chi connectivity index (χ1n) is 4.31. The Balaban J connectivity index is 2.39. The number of nitrogens with one attached hydrogen (secondary N) is 1. The van der Waals surface area contributed by atoms with Crippen molar-refractivity contribution in [2.24, 2.45) is 0 Å². The molecule has 8 heteroatoms. The summed E-state index contributed by atoms with van der Waals surface area (Å²) >= 11 is 5.79. The smallest absolute Gasteiger partial charge is 0.295 e. The van der Waals surface area contributed by atoms with Gasteiger partial charge in [-0.05, 0) is 6.92 Å². The molecule has 0 fully saturated rings. The van der Waals surface area contributed by atoms with Crippen LogP contribution in [0.2, 0.25) is 0 Å². The summed E-state index contributed by atoms with van der Waals surface area (Å²) in [5, 5.41) is 7.23. The number of aromatic nitrogens is 3. The zero-order chi connectivity index (χ0) is 11.7. The van der Waals surface area contributed by atoms with Gasteiger partial charge in [0.1, 0.15) is 11.4 Å². The Labute approximate surface area is 95.0 Å². The third kappa shape index (κ3) is 1.45. The molecule has 1 aromatic heterocycles. The summed E-state index contributed by atoms with van der Waals surface area (Å²) in [5.74, 6) is -0.311. The predicted octanol–water partition coefficient (Wildman–Crippen LogP) is 0.163. The number of amides is 1. The fraction of sp³-hybridized carbons (Fsp3) is 0.250. The van der Waals surface area contributed by atoms with Crippen LogP contribution in [0.1, 0.15) is 6.92 Å². The van der Waals surface area contributed by atoms with E-state index in [2.05, 4.69) is 15.2 Å². The lowest BCUT2D eigenvalue weighted by molar-refractivity contribution is -0.132. The van der Waals surface area contributed by atoms with Gasteiger partial charge in [-0.3, -0.25) is 9.59 Å². The highest BCUT2D eigenvalue weighted by Crippen LogP contribution is 2.30. The molecule has 2 heterocycles. The normalized spacial score (nSPS) is 20.5. The van der Waals surface area contributed by atoms with E-state index in [4.69, 9.17) is 16.3 Å². The maximum absolute atomic E-state index is 11.8. The van der Waals surface area contributed by atoms with Gasteiger partial charge in [-0.1, -0.05) is 11.6 Å². The van der Waals surface area contributed by atoms with Crippen molar-refractivity contribution in [2.45, 2.75) is 13.2 Å². The molecule has 0 saturated carbocycles. The Morgan fingerprint density at radius 1 is 1.69 bits per heavy atom. The Kier molecular flexibility index (Phi) is 2.61. The van der Waals surface area contributed by atoms with Crippen LogP contribution in [0.3, 0.4) is 0 Å². The van der Waals surface area contributed by atoms with Gasteiger partial charge in [0.05, 0.1) is 0 Å². The molecule has 16 heavy (non-hydrogen) atoms. The largest absolute Gasteiger partial charge is 0.439 e. The molecule has 0 aromatic carbocycles. The Hall–Kier alpha value is -1.89. The van der Waals surface area contributed by atoms with Crippen molar-refractivity contribution in [3.05, 3.63) is 16.9 Å². The summed E-state index contributed by atoms with van der Waals surface area (Å²) < 4.78 is 4.79. The van der Waals surface area contributed by atoms with E-state index in [1.807, 2.05) is 0 Å². The van der Waals surface area contributed by atoms with Gasteiger partial charge in [0.15, 0.2) is 0 Å². The summed E-state index contributed by atoms with van der Waals surface area (Å²) in [6.07, 6.45) is 0.438. The van der Waals surface area contributed by atoms with Crippen LogP contribution >= 0.6 is 11.6 Å². The molecular weight excluding hydrogens is 236 g/mol. The van der Waals surface area contributed by atoms with Crippen LogP contribution in [0.4, 0.5) is 5.95 Å². The molecule has 0 saturated heterocycles. The molecule has 1 aliphatic heterocycles. The average molecular weight is 243 g/mol. The van der Waals surface area contributed by atoms with Crippen molar-refractivity contribution in [3.8, 4) is 0 Å². The number of hydrogen-bond donors (Lipinski definition) is 1. The molecule has 2 rings (SSSR count). The predicted molar refractivity (Wildman–Crippen MR) is 53.4 cm³/mol. The van der Waals surface area contributed by atoms with E-state index < -0.39 is 12.1 Å². The number of anilines is 1. The number of halogens is 1. The van der Waals surface area contributed by atoms with Crippen LogP contribution in [0, 0.1) is 0 Å². The zero-order valence-electron chi connectivity index (χ0n) is 8.18. The quantitative estimate of drug-likeness (QED) is 0.763. The van der Waals surface area contributed by atoms with Crippen LogP contribution in [0.15, 0.2) is 16.9 Å². The van der Waals surface area contributed by atoms with Crippen LogP contribution in [0.25, 0.3) is 0 Å². The van der Waals surface area contributed by atoms with E-state index in [1.54, 1.807) is 6.92 Å². The number of aromatic amines is 1. The van der Waals surface area contributed by atoms with Gasteiger partial charge in [0, 0.05) is 5.57 Å². The van der Waals surface area contributed by atoms with Crippen LogP contribution in [-0.2, 0) is 14.3 Å². The Bertz CT molecular complexity index is 456. The van der Waals surface area contributed by atoms with E-state index in [0.717, 1.165) is 4.90 Å². The standard InChI is InChI=1S/C8H7ClN4O3/c1-4-5(9)6(15)13(7(4)16-3-14)8-10-2-11-12-8/h2-3,7H,1H3,(H,10,11,12). The van der Waals surface area contributed by atoms with Gasteiger partial charge in [-0.25, -0.2) is 4.90 Å². The molecule has 0 aliphatic carbocycles. The SMILES string of the molecule is CC1=C(Cl)C(=O)N(c2nnc[nH]2)C1OC=O. The first kappa shape index (κ1) is 10.6. The minimum absolute atomic E-state index is 0.0169. The van der Waals surface area contributed by atoms with E-state index >= 15 is 0 Å². The maximum Gasteiger partial charge on any atom is 0.295 e. The molecule has 1 amide bonds. The van der Waals surface area contributed by atoms with Crippen molar-refractivity contribution in [3.63, 3.8) is 0 Å². The molecule has 0 spiro atoms.